The molecule has 23 heavy (non-hydrogen) atoms. The molecule has 0 aliphatic heterocycles. The van der Waals surface area contributed by atoms with Gasteiger partial charge in [0.15, 0.2) is 0 Å². The van der Waals surface area contributed by atoms with E-state index in [0.29, 0.717) is 19.5 Å². The molecule has 0 saturated heterocycles. The molecule has 1 unspecified atom stereocenters. The maximum atomic E-state index is 11.5. The molecule has 0 aliphatic rings. The molecule has 1 aromatic carbocycles. The van der Waals surface area contributed by atoms with Crippen LogP contribution in [0.3, 0.4) is 0 Å². The third kappa shape index (κ3) is 8.21. The van der Waals surface area contributed by atoms with Crippen molar-refractivity contribution in [2.45, 2.75) is 52.3 Å². The summed E-state index contributed by atoms with van der Waals surface area (Å²) < 4.78 is 5.16. The van der Waals surface area contributed by atoms with Gasteiger partial charge < -0.3 is 20.5 Å². The molecule has 1 aromatic rings. The molecule has 6 nitrogen and oxygen atoms in total. The van der Waals surface area contributed by atoms with Crippen LogP contribution in [0.1, 0.15) is 38.8 Å². The Hall–Kier alpha value is -2.08. The quantitative estimate of drug-likeness (QED) is 0.717. The molecule has 0 aliphatic carbocycles. The van der Waals surface area contributed by atoms with Crippen LogP contribution in [-0.2, 0) is 22.5 Å². The first-order chi connectivity index (χ1) is 10.7. The maximum absolute atomic E-state index is 11.5. The minimum atomic E-state index is -0.866. The predicted molar refractivity (Wildman–Crippen MR) is 88.3 cm³/mol. The number of benzene rings is 1. The van der Waals surface area contributed by atoms with Crippen LogP contribution in [0.15, 0.2) is 24.3 Å². The number of rotatable bonds is 7. The second-order valence-electron chi connectivity index (χ2n) is 6.44. The van der Waals surface area contributed by atoms with E-state index in [4.69, 9.17) is 9.84 Å². The molecule has 0 radical (unpaired) electrons. The summed E-state index contributed by atoms with van der Waals surface area (Å²) in [5, 5.41) is 14.5. The summed E-state index contributed by atoms with van der Waals surface area (Å²) in [6, 6.07) is 7.26. The van der Waals surface area contributed by atoms with Crippen LogP contribution in [0.2, 0.25) is 0 Å². The van der Waals surface area contributed by atoms with Crippen LogP contribution in [0.5, 0.6) is 0 Å². The van der Waals surface area contributed by atoms with Crippen molar-refractivity contribution >= 4 is 12.1 Å². The predicted octanol–water partition coefficient (Wildman–Crippen LogP) is 2.32. The Morgan fingerprint density at radius 1 is 1.17 bits per heavy atom. The molecule has 0 aromatic heterocycles. The first kappa shape index (κ1) is 19.0. The highest BCUT2D eigenvalue weighted by Crippen LogP contribution is 2.07. The van der Waals surface area contributed by atoms with E-state index in [-0.39, 0.29) is 0 Å². The number of carbonyl (C=O) groups is 2. The van der Waals surface area contributed by atoms with Gasteiger partial charge in [-0.2, -0.15) is 0 Å². The molecule has 128 valence electrons. The van der Waals surface area contributed by atoms with Crippen molar-refractivity contribution in [3.8, 4) is 0 Å². The fraction of sp³-hybridized carbons (Fsp3) is 0.529. The van der Waals surface area contributed by atoms with E-state index < -0.39 is 23.7 Å². The second kappa shape index (κ2) is 8.53. The van der Waals surface area contributed by atoms with E-state index in [1.807, 2.05) is 45.0 Å². The molecule has 6 heteroatoms. The summed E-state index contributed by atoms with van der Waals surface area (Å²) in [6.45, 7) is 8.09. The van der Waals surface area contributed by atoms with Crippen molar-refractivity contribution in [3.05, 3.63) is 35.4 Å². The average molecular weight is 322 g/mol. The third-order valence-electron chi connectivity index (χ3n) is 3.09. The zero-order valence-corrected chi connectivity index (χ0v) is 14.2. The molecule has 1 rings (SSSR count). The monoisotopic (exact) mass is 322 g/mol. The number of amides is 1. The number of hydrogen-bond acceptors (Lipinski definition) is 4. The van der Waals surface area contributed by atoms with Crippen molar-refractivity contribution in [1.82, 2.24) is 10.6 Å². The lowest BCUT2D eigenvalue weighted by Gasteiger charge is -2.19. The minimum absolute atomic E-state index is 0.416. The van der Waals surface area contributed by atoms with Crippen molar-refractivity contribution < 1.29 is 19.4 Å². The van der Waals surface area contributed by atoms with Gasteiger partial charge >= 0.3 is 12.1 Å². The highest BCUT2D eigenvalue weighted by atomic mass is 16.6. The van der Waals surface area contributed by atoms with Gasteiger partial charge in [0, 0.05) is 13.1 Å². The Kier molecular flexibility index (Phi) is 7.03. The summed E-state index contributed by atoms with van der Waals surface area (Å²) in [4.78, 5) is 22.2. The van der Waals surface area contributed by atoms with E-state index in [2.05, 4.69) is 10.6 Å². The van der Waals surface area contributed by atoms with Gasteiger partial charge in [-0.3, -0.25) is 4.79 Å². The molecule has 1 amide bonds. The Morgan fingerprint density at radius 3 is 2.26 bits per heavy atom. The number of ether oxygens (including phenoxy) is 1. The number of carboxylic acid groups (broad SMARTS) is 1. The lowest BCUT2D eigenvalue weighted by atomic mass is 10.1. The summed E-state index contributed by atoms with van der Waals surface area (Å²) >= 11 is 0. The minimum Gasteiger partial charge on any atom is -0.480 e. The average Bonchev–Trinajstić information content (AvgIpc) is 2.44. The van der Waals surface area contributed by atoms with Crippen LogP contribution in [0.25, 0.3) is 0 Å². The van der Waals surface area contributed by atoms with E-state index in [1.165, 1.54) is 0 Å². The normalized spacial score (nSPS) is 12.5. The Labute approximate surface area is 137 Å². The molecule has 0 spiro atoms. The fourth-order valence-corrected chi connectivity index (χ4v) is 1.81. The van der Waals surface area contributed by atoms with Crippen LogP contribution in [0.4, 0.5) is 4.79 Å². The number of carbonyl (C=O) groups excluding carboxylic acids is 1. The molecule has 3 N–H and O–H groups in total. The fourth-order valence-electron chi connectivity index (χ4n) is 1.81. The molecular formula is C17H26N2O4. The standard InChI is InChI=1S/C17H26N2O4/c1-12(15(20)21)19-11-14-7-5-13(6-8-14)9-10-18-16(22)23-17(2,3)4/h5-8,12,19H,9-11H2,1-4H3,(H,18,22)(H,20,21). The highest BCUT2D eigenvalue weighted by Gasteiger charge is 2.15. The number of hydrogen-bond donors (Lipinski definition) is 3. The number of alkyl carbamates (subject to hydrolysis) is 1. The van der Waals surface area contributed by atoms with E-state index in [9.17, 15) is 9.59 Å². The van der Waals surface area contributed by atoms with Gasteiger partial charge in [0.25, 0.3) is 0 Å². The first-order valence-electron chi connectivity index (χ1n) is 7.68. The maximum Gasteiger partial charge on any atom is 0.407 e. The smallest absolute Gasteiger partial charge is 0.407 e. The topological polar surface area (TPSA) is 87.7 Å². The van der Waals surface area contributed by atoms with Crippen molar-refractivity contribution in [1.29, 1.82) is 0 Å². The van der Waals surface area contributed by atoms with Gasteiger partial charge in [0.2, 0.25) is 0 Å². The van der Waals surface area contributed by atoms with Gasteiger partial charge in [-0.25, -0.2) is 4.79 Å². The third-order valence-corrected chi connectivity index (χ3v) is 3.09. The lowest BCUT2D eigenvalue weighted by Crippen LogP contribution is -2.33. The molecule has 0 fully saturated rings. The summed E-state index contributed by atoms with van der Waals surface area (Å²) in [6.07, 6.45) is 0.291. The number of aliphatic carboxylic acids is 1. The van der Waals surface area contributed by atoms with Crippen molar-refractivity contribution in [2.75, 3.05) is 6.54 Å². The van der Waals surface area contributed by atoms with Crippen LogP contribution in [-0.4, -0.2) is 35.4 Å². The van der Waals surface area contributed by atoms with Crippen molar-refractivity contribution in [3.63, 3.8) is 0 Å². The zero-order chi connectivity index (χ0) is 17.5. The Bertz CT molecular complexity index is 520. The van der Waals surface area contributed by atoms with Crippen LogP contribution < -0.4 is 10.6 Å². The van der Waals surface area contributed by atoms with Crippen LogP contribution >= 0.6 is 0 Å². The van der Waals surface area contributed by atoms with E-state index in [0.717, 1.165) is 11.1 Å². The Balaban J connectivity index is 2.34. The van der Waals surface area contributed by atoms with Gasteiger partial charge in [0.1, 0.15) is 11.6 Å². The van der Waals surface area contributed by atoms with Gasteiger partial charge in [-0.15, -0.1) is 0 Å². The molecular weight excluding hydrogens is 296 g/mol. The van der Waals surface area contributed by atoms with Gasteiger partial charge in [0.05, 0.1) is 0 Å². The van der Waals surface area contributed by atoms with E-state index >= 15 is 0 Å². The summed E-state index contributed by atoms with van der Waals surface area (Å²) in [5.41, 5.74) is 1.62. The zero-order valence-electron chi connectivity index (χ0n) is 14.2. The molecule has 0 bridgehead atoms. The number of nitrogens with one attached hydrogen (secondary N) is 2. The van der Waals surface area contributed by atoms with Gasteiger partial charge in [-0.05, 0) is 45.2 Å². The lowest BCUT2D eigenvalue weighted by molar-refractivity contribution is -0.139. The largest absolute Gasteiger partial charge is 0.480 e. The Morgan fingerprint density at radius 2 is 1.74 bits per heavy atom. The summed E-state index contributed by atoms with van der Waals surface area (Å²) in [7, 11) is 0. The molecule has 0 heterocycles. The summed E-state index contributed by atoms with van der Waals surface area (Å²) in [5.74, 6) is -0.866. The first-order valence-corrected chi connectivity index (χ1v) is 7.68. The highest BCUT2D eigenvalue weighted by molar-refractivity contribution is 5.72. The number of carboxylic acids is 1. The molecule has 1 atom stereocenters. The van der Waals surface area contributed by atoms with Crippen molar-refractivity contribution in [2.24, 2.45) is 0 Å². The van der Waals surface area contributed by atoms with E-state index in [1.54, 1.807) is 6.92 Å². The SMILES string of the molecule is CC(NCc1ccc(CCNC(=O)OC(C)(C)C)cc1)C(=O)O. The molecule has 0 saturated carbocycles. The van der Waals surface area contributed by atoms with Gasteiger partial charge in [-0.1, -0.05) is 24.3 Å². The second-order valence-corrected chi connectivity index (χ2v) is 6.44. The van der Waals surface area contributed by atoms with Crippen LogP contribution in [0, 0.1) is 0 Å².